The van der Waals surface area contributed by atoms with Gasteiger partial charge >= 0.3 is 0 Å². The second-order valence-electron chi connectivity index (χ2n) is 7.94. The van der Waals surface area contributed by atoms with Crippen LogP contribution in [0.3, 0.4) is 0 Å². The third-order valence-electron chi connectivity index (χ3n) is 5.87. The summed E-state index contributed by atoms with van der Waals surface area (Å²) in [6.07, 6.45) is 7.41. The lowest BCUT2D eigenvalue weighted by molar-refractivity contribution is 0.101. The Morgan fingerprint density at radius 1 is 1.00 bits per heavy atom. The van der Waals surface area contributed by atoms with Crippen LogP contribution < -0.4 is 0 Å². The average molecular weight is 440 g/mol. The van der Waals surface area contributed by atoms with Crippen molar-refractivity contribution in [1.82, 2.24) is 14.7 Å². The van der Waals surface area contributed by atoms with E-state index in [1.165, 1.54) is 18.4 Å². The van der Waals surface area contributed by atoms with Crippen molar-refractivity contribution in [1.29, 1.82) is 0 Å². The molecule has 0 aromatic carbocycles. The minimum absolute atomic E-state index is 0.244. The van der Waals surface area contributed by atoms with Crippen LogP contribution in [0, 0.1) is 0 Å². The molecular formula is C26H53N3O2. The van der Waals surface area contributed by atoms with E-state index in [1.54, 1.807) is 0 Å². The van der Waals surface area contributed by atoms with E-state index >= 15 is 0 Å². The van der Waals surface area contributed by atoms with Gasteiger partial charge in [0.1, 0.15) is 0 Å². The zero-order valence-corrected chi connectivity index (χ0v) is 21.7. The molecule has 0 aromatic rings. The van der Waals surface area contributed by atoms with Crippen LogP contribution in [0.2, 0.25) is 0 Å². The van der Waals surface area contributed by atoms with Crippen molar-refractivity contribution in [3.05, 3.63) is 36.5 Å². The van der Waals surface area contributed by atoms with Gasteiger partial charge in [-0.05, 0) is 32.3 Å². The van der Waals surface area contributed by atoms with Gasteiger partial charge in [0.15, 0.2) is 0 Å². The van der Waals surface area contributed by atoms with E-state index in [4.69, 9.17) is 5.11 Å². The number of aliphatic hydroxyl groups is 2. The van der Waals surface area contributed by atoms with E-state index in [0.717, 1.165) is 64.9 Å². The standard InChI is InChI=1S/C23H43N3O.C2H6.CH4O/c1-7-10-21(6)25-14-12-24(18-22(11-8-2)20(4)5)13-15-26(17-16-25)23(9-3)19-27;2*1-2/h8,11,21,23,27H,2,4,7,9-10,12-19H2,1,3,5-6H3;1-2H3;2H,1H3/b22-11-;;. The molecule has 5 heteroatoms. The number of rotatable bonds is 10. The van der Waals surface area contributed by atoms with Gasteiger partial charge in [-0.1, -0.05) is 65.0 Å². The molecule has 1 aliphatic heterocycles. The number of nitrogens with zero attached hydrogens (tertiary/aromatic N) is 3. The molecule has 2 atom stereocenters. The van der Waals surface area contributed by atoms with Crippen molar-refractivity contribution >= 4 is 0 Å². The second-order valence-corrected chi connectivity index (χ2v) is 7.94. The molecule has 0 aromatic heterocycles. The number of allylic oxidation sites excluding steroid dienone is 2. The van der Waals surface area contributed by atoms with E-state index in [-0.39, 0.29) is 12.6 Å². The maximum Gasteiger partial charge on any atom is 0.0586 e. The highest BCUT2D eigenvalue weighted by Crippen LogP contribution is 2.14. The molecule has 1 saturated heterocycles. The van der Waals surface area contributed by atoms with Gasteiger partial charge in [0.2, 0.25) is 0 Å². The van der Waals surface area contributed by atoms with Gasteiger partial charge in [0, 0.05) is 65.0 Å². The second kappa shape index (κ2) is 20.9. The van der Waals surface area contributed by atoms with Gasteiger partial charge in [-0.15, -0.1) is 0 Å². The summed E-state index contributed by atoms with van der Waals surface area (Å²) in [4.78, 5) is 7.66. The maximum atomic E-state index is 9.82. The first-order valence-corrected chi connectivity index (χ1v) is 12.2. The fraction of sp³-hybridized carbons (Fsp3) is 0.769. The molecule has 0 amide bonds. The van der Waals surface area contributed by atoms with Crippen LogP contribution in [0.25, 0.3) is 0 Å². The van der Waals surface area contributed by atoms with Crippen LogP contribution in [-0.4, -0.2) is 96.5 Å². The molecule has 0 bridgehead atoms. The summed E-state index contributed by atoms with van der Waals surface area (Å²) in [6.45, 7) is 28.4. The zero-order valence-electron chi connectivity index (χ0n) is 21.7. The summed E-state index contributed by atoms with van der Waals surface area (Å²) in [5, 5.41) is 16.8. The Hall–Kier alpha value is -0.980. The Morgan fingerprint density at radius 2 is 1.52 bits per heavy atom. The maximum absolute atomic E-state index is 9.82. The quantitative estimate of drug-likeness (QED) is 0.500. The molecule has 0 aliphatic carbocycles. The highest BCUT2D eigenvalue weighted by molar-refractivity contribution is 5.30. The molecule has 1 aliphatic rings. The lowest BCUT2D eigenvalue weighted by Crippen LogP contribution is -2.45. The van der Waals surface area contributed by atoms with Crippen LogP contribution in [-0.2, 0) is 0 Å². The van der Waals surface area contributed by atoms with Gasteiger partial charge < -0.3 is 10.2 Å². The van der Waals surface area contributed by atoms with Crippen LogP contribution in [0.1, 0.15) is 60.8 Å². The van der Waals surface area contributed by atoms with Crippen LogP contribution in [0.4, 0.5) is 0 Å². The molecule has 31 heavy (non-hydrogen) atoms. The summed E-state index contributed by atoms with van der Waals surface area (Å²) in [5.41, 5.74) is 2.38. The third-order valence-corrected chi connectivity index (χ3v) is 5.87. The van der Waals surface area contributed by atoms with Crippen molar-refractivity contribution in [2.24, 2.45) is 0 Å². The lowest BCUT2D eigenvalue weighted by Gasteiger charge is -2.33. The van der Waals surface area contributed by atoms with Gasteiger partial charge in [0.05, 0.1) is 6.61 Å². The minimum Gasteiger partial charge on any atom is -0.400 e. The molecule has 0 saturated carbocycles. The topological polar surface area (TPSA) is 50.2 Å². The molecule has 0 radical (unpaired) electrons. The smallest absolute Gasteiger partial charge is 0.0586 e. The van der Waals surface area contributed by atoms with Crippen LogP contribution in [0.5, 0.6) is 0 Å². The molecule has 2 unspecified atom stereocenters. The summed E-state index contributed by atoms with van der Waals surface area (Å²) < 4.78 is 0. The highest BCUT2D eigenvalue weighted by Gasteiger charge is 2.23. The average Bonchev–Trinajstić information content (AvgIpc) is 2.88. The van der Waals surface area contributed by atoms with Crippen molar-refractivity contribution in [3.63, 3.8) is 0 Å². The Bertz CT molecular complexity index is 475. The fourth-order valence-electron chi connectivity index (χ4n) is 3.91. The van der Waals surface area contributed by atoms with Gasteiger partial charge in [0.25, 0.3) is 0 Å². The minimum atomic E-state index is 0.244. The van der Waals surface area contributed by atoms with Gasteiger partial charge in [-0.2, -0.15) is 0 Å². The summed E-state index contributed by atoms with van der Waals surface area (Å²) in [6, 6.07) is 0.868. The normalized spacial score (nSPS) is 18.8. The monoisotopic (exact) mass is 439 g/mol. The molecule has 1 heterocycles. The first kappa shape index (κ1) is 32.2. The predicted octanol–water partition coefficient (Wildman–Crippen LogP) is 4.19. The Morgan fingerprint density at radius 3 is 1.97 bits per heavy atom. The van der Waals surface area contributed by atoms with Crippen LogP contribution >= 0.6 is 0 Å². The molecule has 2 N–H and O–H groups in total. The van der Waals surface area contributed by atoms with E-state index in [1.807, 2.05) is 19.9 Å². The largest absolute Gasteiger partial charge is 0.400 e. The van der Waals surface area contributed by atoms with E-state index in [2.05, 4.69) is 61.6 Å². The Kier molecular flexibility index (Phi) is 21.7. The fourth-order valence-corrected chi connectivity index (χ4v) is 3.91. The molecule has 1 rings (SSSR count). The summed E-state index contributed by atoms with van der Waals surface area (Å²) >= 11 is 0. The molecular weight excluding hydrogens is 386 g/mol. The zero-order chi connectivity index (χ0) is 24.2. The first-order valence-electron chi connectivity index (χ1n) is 12.2. The number of hydrogen-bond acceptors (Lipinski definition) is 5. The van der Waals surface area contributed by atoms with Gasteiger partial charge in [-0.25, -0.2) is 0 Å². The number of hydrogen-bond donors (Lipinski definition) is 2. The van der Waals surface area contributed by atoms with E-state index in [0.29, 0.717) is 6.04 Å². The van der Waals surface area contributed by atoms with Crippen molar-refractivity contribution in [2.45, 2.75) is 72.9 Å². The molecule has 5 nitrogen and oxygen atoms in total. The highest BCUT2D eigenvalue weighted by atomic mass is 16.3. The predicted molar refractivity (Wildman–Crippen MR) is 138 cm³/mol. The van der Waals surface area contributed by atoms with Crippen molar-refractivity contribution in [3.8, 4) is 0 Å². The Labute approximate surface area is 194 Å². The van der Waals surface area contributed by atoms with Crippen LogP contribution in [0.15, 0.2) is 36.5 Å². The van der Waals surface area contributed by atoms with E-state index in [9.17, 15) is 5.11 Å². The third kappa shape index (κ3) is 13.2. The Balaban J connectivity index is 0. The molecule has 184 valence electrons. The van der Waals surface area contributed by atoms with Gasteiger partial charge in [-0.3, -0.25) is 14.7 Å². The summed E-state index contributed by atoms with van der Waals surface area (Å²) in [7, 11) is 1.00. The molecule has 0 spiro atoms. The van der Waals surface area contributed by atoms with E-state index < -0.39 is 0 Å². The van der Waals surface area contributed by atoms with Crippen molar-refractivity contribution < 1.29 is 10.2 Å². The number of aliphatic hydroxyl groups excluding tert-OH is 2. The van der Waals surface area contributed by atoms with Crippen molar-refractivity contribution in [2.75, 3.05) is 59.5 Å². The lowest BCUT2D eigenvalue weighted by atomic mass is 10.1. The molecule has 1 fully saturated rings. The first-order chi connectivity index (χ1) is 15.0. The SMILES string of the molecule is C=C/C=C(/CN1CCN(C(C)CCC)CCN(C(CC)CO)CC1)C(=C)C.CC.CO. The summed E-state index contributed by atoms with van der Waals surface area (Å²) in [5.74, 6) is 0.